The smallest absolute Gasteiger partial charge is 0.325 e. The lowest BCUT2D eigenvalue weighted by atomic mass is 10.0. The third-order valence-corrected chi connectivity index (χ3v) is 4.88. The molecule has 0 aliphatic carbocycles. The zero-order chi connectivity index (χ0) is 17.9. The number of β-amino-alcohol motifs (C(OH)–C–C–N with tert-alkyl or cyclic N) is 1. The fourth-order valence-electron chi connectivity index (χ4n) is 3.40. The van der Waals surface area contributed by atoms with Gasteiger partial charge in [0.15, 0.2) is 0 Å². The van der Waals surface area contributed by atoms with Crippen LogP contribution in [-0.2, 0) is 6.54 Å². The van der Waals surface area contributed by atoms with Crippen LogP contribution in [0.1, 0.15) is 6.42 Å². The summed E-state index contributed by atoms with van der Waals surface area (Å²) in [4.78, 5) is 20.4. The topological polar surface area (TPSA) is 83.4 Å². The number of aliphatic hydroxyl groups is 1. The van der Waals surface area contributed by atoms with Crippen LogP contribution in [-0.4, -0.2) is 56.4 Å². The summed E-state index contributed by atoms with van der Waals surface area (Å²) >= 11 is 0. The molecule has 4 rings (SSSR count). The van der Waals surface area contributed by atoms with Gasteiger partial charge in [0.05, 0.1) is 0 Å². The Morgan fingerprint density at radius 2 is 2.19 bits per heavy atom. The number of rotatable bonds is 5. The lowest BCUT2D eigenvalue weighted by Crippen LogP contribution is -2.49. The lowest BCUT2D eigenvalue weighted by Gasteiger charge is -2.35. The number of pyridine rings is 1. The van der Waals surface area contributed by atoms with Crippen molar-refractivity contribution in [2.45, 2.75) is 25.2 Å². The highest BCUT2D eigenvalue weighted by Gasteiger charge is 2.29. The summed E-state index contributed by atoms with van der Waals surface area (Å²) in [7, 11) is 0. The molecule has 1 saturated heterocycles. The van der Waals surface area contributed by atoms with Crippen molar-refractivity contribution < 1.29 is 9.84 Å². The third-order valence-electron chi connectivity index (χ3n) is 4.88. The highest BCUT2D eigenvalue weighted by atomic mass is 16.5. The van der Waals surface area contributed by atoms with Gasteiger partial charge in [0.1, 0.15) is 18.0 Å². The Bertz CT molecular complexity index is 935. The monoisotopic (exact) mass is 354 g/mol. The Morgan fingerprint density at radius 1 is 1.27 bits per heavy atom. The molecular weight excluding hydrogens is 332 g/mol. The van der Waals surface area contributed by atoms with Crippen LogP contribution in [0.2, 0.25) is 0 Å². The van der Waals surface area contributed by atoms with Gasteiger partial charge in [0.2, 0.25) is 0 Å². The second-order valence-corrected chi connectivity index (χ2v) is 6.66. The number of aromatic nitrogens is 3. The maximum Gasteiger partial charge on any atom is 0.325 e. The molecule has 0 bridgehead atoms. The van der Waals surface area contributed by atoms with Crippen molar-refractivity contribution >= 4 is 10.8 Å². The minimum Gasteiger partial charge on any atom is -0.488 e. The summed E-state index contributed by atoms with van der Waals surface area (Å²) in [6, 6.07) is 7.85. The van der Waals surface area contributed by atoms with Gasteiger partial charge in [0, 0.05) is 56.4 Å². The summed E-state index contributed by atoms with van der Waals surface area (Å²) in [6.45, 7) is 2.70. The van der Waals surface area contributed by atoms with Gasteiger partial charge in [-0.3, -0.25) is 14.5 Å². The van der Waals surface area contributed by atoms with Crippen LogP contribution in [0.4, 0.5) is 0 Å². The zero-order valence-electron chi connectivity index (χ0n) is 14.4. The number of piperidine rings is 1. The van der Waals surface area contributed by atoms with Crippen LogP contribution in [0.25, 0.3) is 10.8 Å². The van der Waals surface area contributed by atoms with E-state index < -0.39 is 6.10 Å². The first-order valence-electron chi connectivity index (χ1n) is 8.84. The molecule has 0 saturated carbocycles. The van der Waals surface area contributed by atoms with Gasteiger partial charge >= 0.3 is 5.69 Å². The van der Waals surface area contributed by atoms with Crippen molar-refractivity contribution in [1.29, 1.82) is 0 Å². The van der Waals surface area contributed by atoms with Crippen LogP contribution in [0, 0.1) is 0 Å². The van der Waals surface area contributed by atoms with Crippen LogP contribution in [0.3, 0.4) is 0 Å². The summed E-state index contributed by atoms with van der Waals surface area (Å²) in [5, 5.41) is 12.6. The quantitative estimate of drug-likeness (QED) is 0.720. The minimum absolute atomic E-state index is 0.102. The molecular formula is C19H22N4O3. The van der Waals surface area contributed by atoms with E-state index >= 15 is 0 Å². The van der Waals surface area contributed by atoms with Gasteiger partial charge in [-0.25, -0.2) is 4.79 Å². The van der Waals surface area contributed by atoms with Gasteiger partial charge in [-0.1, -0.05) is 6.07 Å². The van der Waals surface area contributed by atoms with E-state index in [9.17, 15) is 9.90 Å². The maximum atomic E-state index is 11.5. The van der Waals surface area contributed by atoms with E-state index in [-0.39, 0.29) is 11.8 Å². The number of hydrogen-bond donors (Lipinski definition) is 2. The molecule has 3 heterocycles. The standard InChI is InChI=1S/C19H22N4O3/c24-17-13-22(9-10-23-8-6-21-19(23)25)7-4-18(17)26-16-2-1-14-3-5-20-12-15(14)11-16/h1-3,5-6,8,11-12,17-18,24H,4,7,9-10,13H2,(H,21,25)/t17-,18-/m1/s1. The van der Waals surface area contributed by atoms with Gasteiger partial charge in [-0.05, 0) is 30.0 Å². The fourth-order valence-corrected chi connectivity index (χ4v) is 3.40. The summed E-state index contributed by atoms with van der Waals surface area (Å²) in [5.41, 5.74) is -0.102. The molecule has 1 aliphatic heterocycles. The number of benzene rings is 1. The molecule has 3 aromatic rings. The number of fused-ring (bicyclic) bond motifs is 1. The Morgan fingerprint density at radius 3 is 3.00 bits per heavy atom. The number of hydrogen-bond acceptors (Lipinski definition) is 5. The van der Waals surface area contributed by atoms with Crippen LogP contribution in [0.15, 0.2) is 53.8 Å². The normalized spacial score (nSPS) is 21.1. The molecule has 7 nitrogen and oxygen atoms in total. The molecule has 26 heavy (non-hydrogen) atoms. The number of aromatic amines is 1. The SMILES string of the molecule is O=c1[nH]ccn1CCN1CC[C@@H](Oc2ccc3ccncc3c2)[C@H](O)C1. The predicted molar refractivity (Wildman–Crippen MR) is 98.3 cm³/mol. The van der Waals surface area contributed by atoms with Crippen LogP contribution < -0.4 is 10.4 Å². The third kappa shape index (κ3) is 3.63. The van der Waals surface area contributed by atoms with E-state index in [1.807, 2.05) is 30.5 Å². The van der Waals surface area contributed by atoms with Crippen molar-refractivity contribution in [1.82, 2.24) is 19.4 Å². The van der Waals surface area contributed by atoms with Crippen molar-refractivity contribution in [2.75, 3.05) is 19.6 Å². The highest BCUT2D eigenvalue weighted by molar-refractivity contribution is 5.82. The number of likely N-dealkylation sites (tertiary alicyclic amines) is 1. The first-order valence-corrected chi connectivity index (χ1v) is 8.84. The lowest BCUT2D eigenvalue weighted by molar-refractivity contribution is -0.0258. The zero-order valence-corrected chi connectivity index (χ0v) is 14.4. The van der Waals surface area contributed by atoms with Crippen molar-refractivity contribution in [3.05, 3.63) is 59.5 Å². The molecule has 1 aromatic carbocycles. The second-order valence-electron chi connectivity index (χ2n) is 6.66. The van der Waals surface area contributed by atoms with E-state index in [1.165, 1.54) is 0 Å². The Hall–Kier alpha value is -2.64. The minimum atomic E-state index is -0.559. The van der Waals surface area contributed by atoms with Crippen molar-refractivity contribution in [3.8, 4) is 5.75 Å². The molecule has 1 aliphatic rings. The molecule has 0 radical (unpaired) electrons. The number of H-pyrrole nitrogens is 1. The number of ether oxygens (including phenoxy) is 1. The summed E-state index contributed by atoms with van der Waals surface area (Å²) < 4.78 is 7.67. The molecule has 0 amide bonds. The van der Waals surface area contributed by atoms with E-state index in [4.69, 9.17) is 4.74 Å². The van der Waals surface area contributed by atoms with E-state index in [0.29, 0.717) is 13.1 Å². The molecule has 0 spiro atoms. The van der Waals surface area contributed by atoms with Crippen LogP contribution >= 0.6 is 0 Å². The highest BCUT2D eigenvalue weighted by Crippen LogP contribution is 2.23. The predicted octanol–water partition coefficient (Wildman–Crippen LogP) is 1.24. The average Bonchev–Trinajstić information content (AvgIpc) is 3.07. The molecule has 0 unspecified atom stereocenters. The van der Waals surface area contributed by atoms with Gasteiger partial charge in [-0.15, -0.1) is 0 Å². The Balaban J connectivity index is 1.34. The van der Waals surface area contributed by atoms with E-state index in [0.717, 1.165) is 36.0 Å². The molecule has 136 valence electrons. The van der Waals surface area contributed by atoms with Crippen molar-refractivity contribution in [2.24, 2.45) is 0 Å². The van der Waals surface area contributed by atoms with E-state index in [1.54, 1.807) is 23.2 Å². The van der Waals surface area contributed by atoms with Gasteiger partial charge < -0.3 is 14.8 Å². The first-order chi connectivity index (χ1) is 12.7. The Kier molecular flexibility index (Phi) is 4.73. The molecule has 2 atom stereocenters. The molecule has 2 aromatic heterocycles. The second kappa shape index (κ2) is 7.31. The maximum absolute atomic E-state index is 11.5. The number of imidazole rings is 1. The van der Waals surface area contributed by atoms with Gasteiger partial charge in [-0.2, -0.15) is 0 Å². The summed E-state index contributed by atoms with van der Waals surface area (Å²) in [5.74, 6) is 0.752. The van der Waals surface area contributed by atoms with Crippen molar-refractivity contribution in [3.63, 3.8) is 0 Å². The fraction of sp³-hybridized carbons (Fsp3) is 0.368. The molecule has 7 heteroatoms. The summed E-state index contributed by atoms with van der Waals surface area (Å²) in [6.07, 6.45) is 6.91. The van der Waals surface area contributed by atoms with E-state index in [2.05, 4.69) is 14.9 Å². The number of aliphatic hydroxyl groups excluding tert-OH is 1. The average molecular weight is 354 g/mol. The molecule has 2 N–H and O–H groups in total. The largest absolute Gasteiger partial charge is 0.488 e. The van der Waals surface area contributed by atoms with Gasteiger partial charge in [0.25, 0.3) is 0 Å². The first kappa shape index (κ1) is 16.8. The van der Waals surface area contributed by atoms with Crippen LogP contribution in [0.5, 0.6) is 5.75 Å². The Labute approximate surface area is 150 Å². The molecule has 1 fully saturated rings. The number of nitrogens with zero attached hydrogens (tertiary/aromatic N) is 3. The number of nitrogens with one attached hydrogen (secondary N) is 1.